The molecule has 1 saturated heterocycles. The van der Waals surface area contributed by atoms with Gasteiger partial charge in [0.05, 0.1) is 11.3 Å². The molecule has 6 heteroatoms. The fraction of sp³-hybridized carbons (Fsp3) is 0.333. The number of anilines is 2. The molecule has 2 aliphatic rings. The van der Waals surface area contributed by atoms with Crippen molar-refractivity contribution in [1.29, 1.82) is 0 Å². The lowest BCUT2D eigenvalue weighted by Gasteiger charge is -2.26. The number of fused-ring (bicyclic) bond motifs is 1. The fourth-order valence-electron chi connectivity index (χ4n) is 5.15. The lowest BCUT2D eigenvalue weighted by atomic mass is 9.96. The summed E-state index contributed by atoms with van der Waals surface area (Å²) in [6, 6.07) is 21.6. The number of hydrogen-bond acceptors (Lipinski definition) is 4. The van der Waals surface area contributed by atoms with E-state index >= 15 is 0 Å². The van der Waals surface area contributed by atoms with Crippen LogP contribution >= 0.6 is 0 Å². The Bertz CT molecular complexity index is 1200. The first-order chi connectivity index (χ1) is 17.7. The Labute approximate surface area is 213 Å². The molecule has 2 heterocycles. The van der Waals surface area contributed by atoms with Gasteiger partial charge in [0, 0.05) is 24.3 Å². The highest BCUT2D eigenvalue weighted by molar-refractivity contribution is 6.10. The third-order valence-corrected chi connectivity index (χ3v) is 7.12. The van der Waals surface area contributed by atoms with Gasteiger partial charge >= 0.3 is 0 Å². The number of rotatable bonds is 9. The average molecular weight is 483 g/mol. The molecule has 3 aromatic carbocycles. The zero-order chi connectivity index (χ0) is 24.7. The van der Waals surface area contributed by atoms with E-state index in [1.807, 2.05) is 54.6 Å². The standard InChI is InChI=1S/C30H34N4O2/c35-29(23-10-13-25(14-11-23)31-16-7-19-34-17-5-2-6-18-34)33-27-15-12-24(20-22-8-3-1-4-9-22)26-21-32-30(36)28(26)27/h1,3-4,8-15,31H,2,5-7,16-21H2,(H,32,36)(H,33,35). The van der Waals surface area contributed by atoms with Crippen LogP contribution in [0.1, 0.15) is 63.1 Å². The predicted molar refractivity (Wildman–Crippen MR) is 145 cm³/mol. The van der Waals surface area contributed by atoms with E-state index in [9.17, 15) is 9.59 Å². The number of hydrogen-bond donors (Lipinski definition) is 3. The van der Waals surface area contributed by atoms with Crippen molar-refractivity contribution < 1.29 is 9.59 Å². The number of benzene rings is 3. The van der Waals surface area contributed by atoms with E-state index in [0.717, 1.165) is 42.7 Å². The lowest BCUT2D eigenvalue weighted by Crippen LogP contribution is -2.31. The Kier molecular flexibility index (Phi) is 7.62. The van der Waals surface area contributed by atoms with Crippen molar-refractivity contribution in [3.8, 4) is 0 Å². The first-order valence-corrected chi connectivity index (χ1v) is 13.0. The van der Waals surface area contributed by atoms with Gasteiger partial charge < -0.3 is 20.9 Å². The highest BCUT2D eigenvalue weighted by Gasteiger charge is 2.26. The van der Waals surface area contributed by atoms with Crippen LogP contribution in [-0.4, -0.2) is 42.9 Å². The van der Waals surface area contributed by atoms with Crippen LogP contribution in [-0.2, 0) is 13.0 Å². The van der Waals surface area contributed by atoms with Crippen LogP contribution in [0.3, 0.4) is 0 Å². The molecule has 0 atom stereocenters. The van der Waals surface area contributed by atoms with Crippen molar-refractivity contribution in [2.24, 2.45) is 0 Å². The quantitative estimate of drug-likeness (QED) is 0.373. The number of amides is 2. The summed E-state index contributed by atoms with van der Waals surface area (Å²) in [7, 11) is 0. The molecule has 3 aromatic rings. The first-order valence-electron chi connectivity index (χ1n) is 13.0. The molecular formula is C30H34N4O2. The predicted octanol–water partition coefficient (Wildman–Crippen LogP) is 5.06. The summed E-state index contributed by atoms with van der Waals surface area (Å²) in [6.45, 7) is 4.99. The van der Waals surface area contributed by atoms with Crippen molar-refractivity contribution in [3.05, 3.63) is 94.5 Å². The van der Waals surface area contributed by atoms with Crippen LogP contribution in [0, 0.1) is 0 Å². The van der Waals surface area contributed by atoms with Crippen molar-refractivity contribution in [1.82, 2.24) is 10.2 Å². The highest BCUT2D eigenvalue weighted by atomic mass is 16.2. The monoisotopic (exact) mass is 482 g/mol. The van der Waals surface area contributed by atoms with Gasteiger partial charge in [0.2, 0.25) is 0 Å². The van der Waals surface area contributed by atoms with E-state index < -0.39 is 0 Å². The van der Waals surface area contributed by atoms with E-state index in [1.54, 1.807) is 0 Å². The number of nitrogens with zero attached hydrogens (tertiary/aromatic N) is 1. The summed E-state index contributed by atoms with van der Waals surface area (Å²) in [5, 5.41) is 9.33. The second-order valence-electron chi connectivity index (χ2n) is 9.68. The molecule has 5 rings (SSSR count). The van der Waals surface area contributed by atoms with E-state index in [1.165, 1.54) is 37.9 Å². The zero-order valence-corrected chi connectivity index (χ0v) is 20.7. The minimum absolute atomic E-state index is 0.140. The summed E-state index contributed by atoms with van der Waals surface area (Å²) in [5.41, 5.74) is 5.96. The first kappa shape index (κ1) is 24.1. The van der Waals surface area contributed by atoms with Crippen molar-refractivity contribution in [2.75, 3.05) is 36.8 Å². The third kappa shape index (κ3) is 5.77. The third-order valence-electron chi connectivity index (χ3n) is 7.12. The summed E-state index contributed by atoms with van der Waals surface area (Å²) in [6.07, 6.45) is 5.86. The van der Waals surface area contributed by atoms with Crippen LogP contribution in [0.25, 0.3) is 0 Å². The van der Waals surface area contributed by atoms with Gasteiger partial charge in [-0.15, -0.1) is 0 Å². The van der Waals surface area contributed by atoms with Crippen LogP contribution in [0.4, 0.5) is 11.4 Å². The minimum Gasteiger partial charge on any atom is -0.385 e. The normalized spacial score (nSPS) is 15.3. The van der Waals surface area contributed by atoms with Crippen LogP contribution in [0.15, 0.2) is 66.7 Å². The average Bonchev–Trinajstić information content (AvgIpc) is 3.32. The van der Waals surface area contributed by atoms with Gasteiger partial charge in [-0.05, 0) is 92.3 Å². The van der Waals surface area contributed by atoms with E-state index in [4.69, 9.17) is 0 Å². The molecule has 0 bridgehead atoms. The smallest absolute Gasteiger partial charge is 0.255 e. The molecule has 0 aromatic heterocycles. The van der Waals surface area contributed by atoms with Crippen molar-refractivity contribution in [3.63, 3.8) is 0 Å². The number of likely N-dealkylation sites (tertiary alicyclic amines) is 1. The van der Waals surface area contributed by atoms with Crippen LogP contribution in [0.5, 0.6) is 0 Å². The van der Waals surface area contributed by atoms with E-state index in [-0.39, 0.29) is 11.8 Å². The Morgan fingerprint density at radius 1 is 0.917 bits per heavy atom. The van der Waals surface area contributed by atoms with E-state index in [0.29, 0.717) is 23.4 Å². The van der Waals surface area contributed by atoms with Crippen LogP contribution in [0.2, 0.25) is 0 Å². The largest absolute Gasteiger partial charge is 0.385 e. The Morgan fingerprint density at radius 3 is 2.47 bits per heavy atom. The topological polar surface area (TPSA) is 73.5 Å². The second kappa shape index (κ2) is 11.4. The van der Waals surface area contributed by atoms with Gasteiger partial charge in [-0.25, -0.2) is 0 Å². The SMILES string of the molecule is O=C(Nc1ccc(Cc2ccccc2)c2c1C(=O)NC2)c1ccc(NCCCN2CCCCC2)cc1. The summed E-state index contributed by atoms with van der Waals surface area (Å²) >= 11 is 0. The molecule has 0 unspecified atom stereocenters. The molecule has 2 aliphatic heterocycles. The van der Waals surface area contributed by atoms with Gasteiger partial charge in [-0.1, -0.05) is 42.8 Å². The summed E-state index contributed by atoms with van der Waals surface area (Å²) in [5.74, 6) is -0.358. The Morgan fingerprint density at radius 2 is 1.69 bits per heavy atom. The number of piperidine rings is 1. The van der Waals surface area contributed by atoms with Crippen molar-refractivity contribution in [2.45, 2.75) is 38.6 Å². The molecule has 186 valence electrons. The lowest BCUT2D eigenvalue weighted by molar-refractivity contribution is 0.0966. The van der Waals surface area contributed by atoms with Gasteiger partial charge in [0.25, 0.3) is 11.8 Å². The molecule has 0 spiro atoms. The molecule has 3 N–H and O–H groups in total. The number of nitrogens with one attached hydrogen (secondary N) is 3. The van der Waals surface area contributed by atoms with Gasteiger partial charge in [-0.2, -0.15) is 0 Å². The van der Waals surface area contributed by atoms with Crippen molar-refractivity contribution >= 4 is 23.2 Å². The van der Waals surface area contributed by atoms with Crippen LogP contribution < -0.4 is 16.0 Å². The molecule has 0 saturated carbocycles. The number of carbonyl (C=O) groups excluding carboxylic acids is 2. The summed E-state index contributed by atoms with van der Waals surface area (Å²) in [4.78, 5) is 28.1. The maximum atomic E-state index is 13.0. The summed E-state index contributed by atoms with van der Waals surface area (Å²) < 4.78 is 0. The Hall–Kier alpha value is -3.64. The fourth-order valence-corrected chi connectivity index (χ4v) is 5.15. The maximum Gasteiger partial charge on any atom is 0.255 e. The van der Waals surface area contributed by atoms with E-state index in [2.05, 4.69) is 33.0 Å². The molecule has 0 aliphatic carbocycles. The highest BCUT2D eigenvalue weighted by Crippen LogP contribution is 2.29. The molecular weight excluding hydrogens is 448 g/mol. The number of carbonyl (C=O) groups is 2. The van der Waals surface area contributed by atoms with Gasteiger partial charge in [0.15, 0.2) is 0 Å². The molecule has 0 radical (unpaired) electrons. The van der Waals surface area contributed by atoms with Gasteiger partial charge in [-0.3, -0.25) is 9.59 Å². The van der Waals surface area contributed by atoms with Gasteiger partial charge in [0.1, 0.15) is 0 Å². The Balaban J connectivity index is 1.19. The molecule has 1 fully saturated rings. The molecule has 6 nitrogen and oxygen atoms in total. The zero-order valence-electron chi connectivity index (χ0n) is 20.7. The molecule has 2 amide bonds. The minimum atomic E-state index is -0.218. The maximum absolute atomic E-state index is 13.0. The second-order valence-corrected chi connectivity index (χ2v) is 9.68. The molecule has 36 heavy (non-hydrogen) atoms.